The second-order valence-corrected chi connectivity index (χ2v) is 11.9. The zero-order valence-corrected chi connectivity index (χ0v) is 22.8. The van der Waals surface area contributed by atoms with E-state index in [2.05, 4.69) is 23.5 Å². The van der Waals surface area contributed by atoms with Crippen molar-refractivity contribution in [2.45, 2.75) is 54.8 Å². The van der Waals surface area contributed by atoms with E-state index in [1.54, 1.807) is 38.4 Å². The van der Waals surface area contributed by atoms with E-state index in [4.69, 9.17) is 4.74 Å². The molecule has 3 fully saturated rings. The molecule has 1 N–H and O–H groups in total. The fourth-order valence-corrected chi connectivity index (χ4v) is 8.60. The maximum atomic E-state index is 14.4. The van der Waals surface area contributed by atoms with Gasteiger partial charge in [0.2, 0.25) is 11.8 Å². The average Bonchev–Trinajstić information content (AvgIpc) is 3.68. The third kappa shape index (κ3) is 4.75. The van der Waals surface area contributed by atoms with Crippen LogP contribution in [0.1, 0.15) is 32.1 Å². The van der Waals surface area contributed by atoms with Gasteiger partial charge in [-0.2, -0.15) is 0 Å². The Kier molecular flexibility index (Phi) is 8.08. The lowest BCUT2D eigenvalue weighted by atomic mass is 9.71. The summed E-state index contributed by atoms with van der Waals surface area (Å²) in [5.74, 6) is -1.92. The third-order valence-electron chi connectivity index (χ3n) is 8.07. The molecular weight excluding hydrogens is 518 g/mol. The molecule has 0 radical (unpaired) electrons. The number of para-hydroxylation sites is 1. The summed E-state index contributed by atoms with van der Waals surface area (Å²) in [6.45, 7) is 8.53. The Morgan fingerprint density at radius 3 is 2.85 bits per heavy atom. The molecule has 2 unspecified atom stereocenters. The zero-order chi connectivity index (χ0) is 27.6. The SMILES string of the molecule is C=CCCOC(=O)[C@@H]1[C@@H]2CCC3(S2)C(C(=O)N(CC=C)Cn2nnc4ccccc42)N(CCCCO)C(=O)[C@H]13. The molecule has 2 bridgehead atoms. The highest BCUT2D eigenvalue weighted by Crippen LogP contribution is 2.66. The summed E-state index contributed by atoms with van der Waals surface area (Å²) in [7, 11) is 0. The number of hydrogen-bond donors (Lipinski definition) is 1. The van der Waals surface area contributed by atoms with Crippen LogP contribution in [-0.4, -0.2) is 90.0 Å². The molecule has 1 spiro atoms. The van der Waals surface area contributed by atoms with Gasteiger partial charge in [-0.3, -0.25) is 14.4 Å². The van der Waals surface area contributed by atoms with E-state index in [9.17, 15) is 19.5 Å². The van der Waals surface area contributed by atoms with Gasteiger partial charge in [0.25, 0.3) is 0 Å². The van der Waals surface area contributed by atoms with Crippen molar-refractivity contribution < 1.29 is 24.2 Å². The number of hydrogen-bond acceptors (Lipinski definition) is 8. The summed E-state index contributed by atoms with van der Waals surface area (Å²) in [5.41, 5.74) is 1.53. The van der Waals surface area contributed by atoms with Gasteiger partial charge in [-0.05, 0) is 44.2 Å². The molecule has 3 aliphatic heterocycles. The highest BCUT2D eigenvalue weighted by molar-refractivity contribution is 8.02. The fourth-order valence-electron chi connectivity index (χ4n) is 6.40. The minimum absolute atomic E-state index is 0.00621. The molecule has 11 heteroatoms. The Labute approximate surface area is 232 Å². The Morgan fingerprint density at radius 1 is 1.26 bits per heavy atom. The summed E-state index contributed by atoms with van der Waals surface area (Å²) < 4.78 is 6.52. The van der Waals surface area contributed by atoms with E-state index in [0.29, 0.717) is 32.2 Å². The van der Waals surface area contributed by atoms with Crippen LogP contribution in [0, 0.1) is 11.8 Å². The first-order chi connectivity index (χ1) is 19.0. The monoisotopic (exact) mass is 553 g/mol. The van der Waals surface area contributed by atoms with Crippen molar-refractivity contribution >= 4 is 40.6 Å². The van der Waals surface area contributed by atoms with Crippen LogP contribution < -0.4 is 0 Å². The number of thioether (sulfide) groups is 1. The number of amides is 2. The van der Waals surface area contributed by atoms with Crippen LogP contribution in [0.5, 0.6) is 0 Å². The van der Waals surface area contributed by atoms with Gasteiger partial charge in [0.05, 0.1) is 28.7 Å². The van der Waals surface area contributed by atoms with E-state index in [0.717, 1.165) is 17.5 Å². The Hall–Kier alpha value is -3.18. The van der Waals surface area contributed by atoms with E-state index < -0.39 is 22.6 Å². The van der Waals surface area contributed by atoms with E-state index in [1.165, 1.54) is 0 Å². The molecule has 1 aromatic carbocycles. The van der Waals surface area contributed by atoms with Gasteiger partial charge in [0, 0.05) is 24.9 Å². The molecule has 1 aromatic heterocycles. The van der Waals surface area contributed by atoms with Gasteiger partial charge in [0.1, 0.15) is 18.2 Å². The first-order valence-electron chi connectivity index (χ1n) is 13.5. The lowest BCUT2D eigenvalue weighted by molar-refractivity contribution is -0.154. The third-order valence-corrected chi connectivity index (χ3v) is 10.0. The number of fused-ring (bicyclic) bond motifs is 2. The summed E-state index contributed by atoms with van der Waals surface area (Å²) in [4.78, 5) is 45.0. The molecule has 5 atom stereocenters. The average molecular weight is 554 g/mol. The number of nitrogens with zero attached hydrogens (tertiary/aromatic N) is 5. The summed E-state index contributed by atoms with van der Waals surface area (Å²) in [5, 5.41) is 17.8. The van der Waals surface area contributed by atoms with Crippen LogP contribution in [0.15, 0.2) is 49.6 Å². The standard InChI is InChI=1S/C28H35N5O5S/c1-3-5-17-38-27(37)22-21-12-13-28(39-21)23(22)25(35)32(15-8-9-16-34)24(28)26(36)31(14-4-2)18-33-20-11-7-6-10-19(20)29-30-33/h3-4,6-7,10-11,21-24,34H,1-2,5,8-9,12-18H2/t21-,22+,23-,24?,28?/m0/s1. The van der Waals surface area contributed by atoms with Crippen molar-refractivity contribution in [1.82, 2.24) is 24.8 Å². The molecule has 208 valence electrons. The second-order valence-electron chi connectivity index (χ2n) is 10.3. The number of carbonyl (C=O) groups excluding carboxylic acids is 3. The number of benzene rings is 1. The van der Waals surface area contributed by atoms with Crippen LogP contribution in [0.4, 0.5) is 0 Å². The summed E-state index contributed by atoms with van der Waals surface area (Å²) in [6.07, 6.45) is 6.41. The quantitative estimate of drug-likeness (QED) is 0.228. The van der Waals surface area contributed by atoms with E-state index in [-0.39, 0.29) is 49.5 Å². The van der Waals surface area contributed by atoms with E-state index >= 15 is 0 Å². The fraction of sp³-hybridized carbons (Fsp3) is 0.536. The van der Waals surface area contributed by atoms with Gasteiger partial charge in [-0.15, -0.1) is 30.0 Å². The number of esters is 1. The van der Waals surface area contributed by atoms with Gasteiger partial charge < -0.3 is 19.6 Å². The van der Waals surface area contributed by atoms with Gasteiger partial charge >= 0.3 is 5.97 Å². The van der Waals surface area contributed by atoms with Crippen LogP contribution in [0.2, 0.25) is 0 Å². The lowest BCUT2D eigenvalue weighted by Crippen LogP contribution is -2.55. The molecule has 0 saturated carbocycles. The zero-order valence-electron chi connectivity index (χ0n) is 22.0. The Morgan fingerprint density at radius 2 is 2.08 bits per heavy atom. The van der Waals surface area contributed by atoms with Crippen molar-refractivity contribution in [3.8, 4) is 0 Å². The maximum Gasteiger partial charge on any atom is 0.310 e. The second kappa shape index (κ2) is 11.5. The van der Waals surface area contributed by atoms with Crippen molar-refractivity contribution in [2.24, 2.45) is 11.8 Å². The first kappa shape index (κ1) is 27.4. The molecule has 0 aliphatic carbocycles. The van der Waals surface area contributed by atoms with Crippen LogP contribution >= 0.6 is 11.8 Å². The number of likely N-dealkylation sites (tertiary alicyclic amines) is 1. The minimum Gasteiger partial charge on any atom is -0.465 e. The number of aliphatic hydroxyl groups is 1. The molecule has 4 heterocycles. The topological polar surface area (TPSA) is 118 Å². The Bertz CT molecular complexity index is 1270. The summed E-state index contributed by atoms with van der Waals surface area (Å²) >= 11 is 1.61. The number of unbranched alkanes of at least 4 members (excludes halogenated alkanes) is 1. The number of ether oxygens (including phenoxy) is 1. The van der Waals surface area contributed by atoms with Crippen molar-refractivity contribution in [3.63, 3.8) is 0 Å². The molecule has 2 aromatic rings. The predicted octanol–water partition coefficient (Wildman–Crippen LogP) is 2.39. The van der Waals surface area contributed by atoms with Gasteiger partial charge in [0.15, 0.2) is 0 Å². The normalized spacial score (nSPS) is 27.1. The molecular formula is C28H35N5O5S. The van der Waals surface area contributed by atoms with E-state index in [1.807, 2.05) is 24.3 Å². The first-order valence-corrected chi connectivity index (χ1v) is 14.4. The van der Waals surface area contributed by atoms with Gasteiger partial charge in [-0.25, -0.2) is 4.68 Å². The summed E-state index contributed by atoms with van der Waals surface area (Å²) in [6, 6.07) is 6.81. The molecule has 2 amide bonds. The van der Waals surface area contributed by atoms with Crippen molar-refractivity contribution in [3.05, 3.63) is 49.6 Å². The molecule has 5 rings (SSSR count). The van der Waals surface area contributed by atoms with Gasteiger partial charge in [-0.1, -0.05) is 29.5 Å². The molecule has 3 aliphatic rings. The number of rotatable bonds is 13. The van der Waals surface area contributed by atoms with Crippen molar-refractivity contribution in [2.75, 3.05) is 26.3 Å². The highest BCUT2D eigenvalue weighted by atomic mass is 32.2. The maximum absolute atomic E-state index is 14.4. The minimum atomic E-state index is -0.732. The highest BCUT2D eigenvalue weighted by Gasteiger charge is 2.74. The number of aromatic nitrogens is 3. The number of aliphatic hydroxyl groups excluding tert-OH is 1. The van der Waals surface area contributed by atoms with Crippen molar-refractivity contribution in [1.29, 1.82) is 0 Å². The smallest absolute Gasteiger partial charge is 0.310 e. The molecule has 39 heavy (non-hydrogen) atoms. The largest absolute Gasteiger partial charge is 0.465 e. The van der Waals surface area contributed by atoms with Crippen LogP contribution in [0.3, 0.4) is 0 Å². The Balaban J connectivity index is 1.47. The lowest BCUT2D eigenvalue weighted by Gasteiger charge is -2.37. The number of carbonyl (C=O) groups is 3. The molecule has 10 nitrogen and oxygen atoms in total. The predicted molar refractivity (Wildman–Crippen MR) is 147 cm³/mol. The van der Waals surface area contributed by atoms with Crippen LogP contribution in [-0.2, 0) is 25.8 Å². The molecule has 3 saturated heterocycles. The van der Waals surface area contributed by atoms with Crippen LogP contribution in [0.25, 0.3) is 11.0 Å².